The van der Waals surface area contributed by atoms with Gasteiger partial charge in [-0.15, -0.1) is 12.6 Å². The first-order chi connectivity index (χ1) is 8.90. The maximum atomic E-state index is 11.6. The largest absolute Gasteiger partial charge is 0.479 e. The van der Waals surface area contributed by atoms with E-state index < -0.39 is 22.6 Å². The van der Waals surface area contributed by atoms with Gasteiger partial charge in [-0.25, -0.2) is 4.79 Å². The van der Waals surface area contributed by atoms with Gasteiger partial charge in [-0.05, 0) is 19.3 Å². The number of aliphatic carboxylic acids is 1. The van der Waals surface area contributed by atoms with Gasteiger partial charge in [0.05, 0.1) is 5.92 Å². The first-order valence-corrected chi connectivity index (χ1v) is 7.53. The molecule has 0 aromatic heterocycles. The van der Waals surface area contributed by atoms with Crippen LogP contribution in [0.15, 0.2) is 0 Å². The van der Waals surface area contributed by atoms with Crippen LogP contribution in [0.2, 0.25) is 0 Å². The number of carboxylic acids is 1. The lowest BCUT2D eigenvalue weighted by atomic mass is 9.80. The van der Waals surface area contributed by atoms with Crippen molar-refractivity contribution in [1.29, 1.82) is 0 Å². The molecule has 2 atom stereocenters. The van der Waals surface area contributed by atoms with Crippen molar-refractivity contribution in [3.8, 4) is 0 Å². The summed E-state index contributed by atoms with van der Waals surface area (Å²) in [6.45, 7) is 4.03. The highest BCUT2D eigenvalue weighted by molar-refractivity contribution is 7.96. The van der Waals surface area contributed by atoms with Crippen LogP contribution in [0, 0.1) is 5.92 Å². The van der Waals surface area contributed by atoms with Crippen molar-refractivity contribution in [3.05, 3.63) is 0 Å². The number of rotatable bonds is 11. The number of thiol groups is 1. The van der Waals surface area contributed by atoms with Crippen molar-refractivity contribution in [2.24, 2.45) is 5.92 Å². The van der Waals surface area contributed by atoms with Crippen molar-refractivity contribution < 1.29 is 19.8 Å². The zero-order valence-corrected chi connectivity index (χ0v) is 12.8. The molecule has 0 rings (SSSR count). The number of aliphatic hydroxyl groups is 1. The second-order valence-corrected chi connectivity index (χ2v) is 5.51. The molecular formula is C14H26O4S. The molecule has 0 heterocycles. The predicted octanol–water partition coefficient (Wildman–Crippen LogP) is 3.04. The molecule has 0 saturated carbocycles. The Hall–Kier alpha value is -0.550. The van der Waals surface area contributed by atoms with E-state index in [-0.39, 0.29) is 6.42 Å². The van der Waals surface area contributed by atoms with Crippen LogP contribution in [0.4, 0.5) is 0 Å². The molecule has 0 aromatic rings. The van der Waals surface area contributed by atoms with Crippen LogP contribution in [-0.4, -0.2) is 26.9 Å². The third-order valence-electron chi connectivity index (χ3n) is 3.50. The van der Waals surface area contributed by atoms with Gasteiger partial charge in [0, 0.05) is 0 Å². The van der Waals surface area contributed by atoms with Crippen LogP contribution in [0.1, 0.15) is 65.2 Å². The summed E-state index contributed by atoms with van der Waals surface area (Å²) in [5.41, 5.74) is -1.97. The van der Waals surface area contributed by atoms with E-state index in [1.54, 1.807) is 0 Å². The van der Waals surface area contributed by atoms with E-state index >= 15 is 0 Å². The summed E-state index contributed by atoms with van der Waals surface area (Å²) >= 11 is 3.77. The Labute approximate surface area is 121 Å². The van der Waals surface area contributed by atoms with Crippen molar-refractivity contribution in [1.82, 2.24) is 0 Å². The van der Waals surface area contributed by atoms with Crippen molar-refractivity contribution in [2.45, 2.75) is 70.8 Å². The maximum absolute atomic E-state index is 11.6. The fraction of sp³-hybridized carbons (Fsp3) is 0.857. The second kappa shape index (κ2) is 9.37. The van der Waals surface area contributed by atoms with Crippen LogP contribution in [0.3, 0.4) is 0 Å². The van der Waals surface area contributed by atoms with Gasteiger partial charge >= 0.3 is 5.97 Å². The Morgan fingerprint density at radius 2 is 1.63 bits per heavy atom. The SMILES string of the molecule is CCCCCC(C(=O)S)C(O)(CCCCC)C(=O)O. The van der Waals surface area contributed by atoms with Gasteiger partial charge in [0.1, 0.15) is 0 Å². The summed E-state index contributed by atoms with van der Waals surface area (Å²) < 4.78 is 0. The molecule has 2 N–H and O–H groups in total. The van der Waals surface area contributed by atoms with Gasteiger partial charge in [-0.3, -0.25) is 4.79 Å². The molecule has 0 bridgehead atoms. The number of carbonyl (C=O) groups is 2. The summed E-state index contributed by atoms with van der Waals surface area (Å²) in [6.07, 6.45) is 5.51. The highest BCUT2D eigenvalue weighted by Crippen LogP contribution is 2.31. The highest BCUT2D eigenvalue weighted by atomic mass is 32.1. The Morgan fingerprint density at radius 1 is 1.11 bits per heavy atom. The third kappa shape index (κ3) is 5.95. The lowest BCUT2D eigenvalue weighted by Gasteiger charge is -2.30. The Bertz CT molecular complexity index is 293. The molecule has 112 valence electrons. The van der Waals surface area contributed by atoms with Crippen molar-refractivity contribution in [3.63, 3.8) is 0 Å². The smallest absolute Gasteiger partial charge is 0.336 e. The molecule has 0 aromatic carbocycles. The Morgan fingerprint density at radius 3 is 2.05 bits per heavy atom. The summed E-state index contributed by atoms with van der Waals surface area (Å²) in [6, 6.07) is 0. The topological polar surface area (TPSA) is 74.6 Å². The average Bonchev–Trinajstić information content (AvgIpc) is 2.34. The summed E-state index contributed by atoms with van der Waals surface area (Å²) in [4.78, 5) is 22.9. The lowest BCUT2D eigenvalue weighted by molar-refractivity contribution is -0.168. The fourth-order valence-electron chi connectivity index (χ4n) is 2.24. The average molecular weight is 290 g/mol. The predicted molar refractivity (Wildman–Crippen MR) is 78.4 cm³/mol. The van der Waals surface area contributed by atoms with Gasteiger partial charge in [-0.1, -0.05) is 46.0 Å². The van der Waals surface area contributed by atoms with Crippen LogP contribution in [0.5, 0.6) is 0 Å². The number of carbonyl (C=O) groups excluding carboxylic acids is 1. The standard InChI is InChI=1S/C14H26O4S/c1-3-5-7-9-11(12(15)19)14(18,13(16)17)10-8-6-4-2/h11,18H,3-10H2,1-2H3,(H,15,19)(H,16,17). The van der Waals surface area contributed by atoms with E-state index in [9.17, 15) is 19.8 Å². The maximum Gasteiger partial charge on any atom is 0.336 e. The molecule has 0 amide bonds. The number of carboxylic acid groups (broad SMARTS) is 1. The summed E-state index contributed by atoms with van der Waals surface area (Å²) in [5.74, 6) is -2.23. The minimum atomic E-state index is -1.97. The number of hydrogen-bond donors (Lipinski definition) is 3. The monoisotopic (exact) mass is 290 g/mol. The highest BCUT2D eigenvalue weighted by Gasteiger charge is 2.45. The van der Waals surface area contributed by atoms with Crippen LogP contribution in [-0.2, 0) is 9.59 Å². The third-order valence-corrected chi connectivity index (χ3v) is 3.81. The number of hydrogen-bond acceptors (Lipinski definition) is 3. The van der Waals surface area contributed by atoms with E-state index in [0.717, 1.165) is 32.1 Å². The number of unbranched alkanes of at least 4 members (excludes halogenated alkanes) is 4. The van der Waals surface area contributed by atoms with Crippen LogP contribution in [0.25, 0.3) is 0 Å². The molecule has 19 heavy (non-hydrogen) atoms. The molecule has 0 spiro atoms. The van der Waals surface area contributed by atoms with Gasteiger partial charge in [0.15, 0.2) is 10.7 Å². The van der Waals surface area contributed by atoms with Gasteiger partial charge in [-0.2, -0.15) is 0 Å². The lowest BCUT2D eigenvalue weighted by Crippen LogP contribution is -2.48. The van der Waals surface area contributed by atoms with E-state index in [0.29, 0.717) is 12.8 Å². The van der Waals surface area contributed by atoms with Crippen LogP contribution >= 0.6 is 12.6 Å². The molecule has 4 nitrogen and oxygen atoms in total. The molecule has 2 unspecified atom stereocenters. The molecule has 5 heteroatoms. The van der Waals surface area contributed by atoms with E-state index in [4.69, 9.17) is 0 Å². The molecule has 0 aliphatic rings. The first-order valence-electron chi connectivity index (χ1n) is 7.08. The van der Waals surface area contributed by atoms with Gasteiger partial charge < -0.3 is 10.2 Å². The van der Waals surface area contributed by atoms with Crippen LogP contribution < -0.4 is 0 Å². The van der Waals surface area contributed by atoms with Gasteiger partial charge in [0.25, 0.3) is 0 Å². The molecular weight excluding hydrogens is 264 g/mol. The Balaban J connectivity index is 4.83. The Kier molecular flexibility index (Phi) is 9.10. The summed E-state index contributed by atoms with van der Waals surface area (Å²) in [7, 11) is 0. The molecule has 0 aliphatic carbocycles. The van der Waals surface area contributed by atoms with Crippen molar-refractivity contribution in [2.75, 3.05) is 0 Å². The zero-order chi connectivity index (χ0) is 14.9. The molecule has 0 aliphatic heterocycles. The normalized spacial score (nSPS) is 15.8. The zero-order valence-electron chi connectivity index (χ0n) is 11.9. The van der Waals surface area contributed by atoms with E-state index in [1.807, 2.05) is 13.8 Å². The first kappa shape index (κ1) is 18.4. The van der Waals surface area contributed by atoms with Gasteiger partial charge in [0.2, 0.25) is 0 Å². The molecule has 0 saturated heterocycles. The fourth-order valence-corrected chi connectivity index (χ4v) is 2.58. The second-order valence-electron chi connectivity index (χ2n) is 5.07. The summed E-state index contributed by atoms with van der Waals surface area (Å²) in [5, 5.41) is 19.1. The van der Waals surface area contributed by atoms with E-state index in [1.165, 1.54) is 0 Å². The van der Waals surface area contributed by atoms with E-state index in [2.05, 4.69) is 12.6 Å². The molecule has 0 radical (unpaired) electrons. The minimum absolute atomic E-state index is 0.110. The minimum Gasteiger partial charge on any atom is -0.479 e. The quantitative estimate of drug-likeness (QED) is 0.404. The molecule has 0 fully saturated rings. The van der Waals surface area contributed by atoms with Crippen molar-refractivity contribution >= 4 is 23.7 Å².